The second-order valence-corrected chi connectivity index (χ2v) is 5.63. The highest BCUT2D eigenvalue weighted by atomic mass is 79.9. The number of aromatic nitrogens is 2. The molecule has 1 heterocycles. The van der Waals surface area contributed by atoms with Gasteiger partial charge >= 0.3 is 0 Å². The maximum absolute atomic E-state index is 4.22. The van der Waals surface area contributed by atoms with E-state index in [1.165, 1.54) is 25.7 Å². The molecule has 80 valence electrons. The summed E-state index contributed by atoms with van der Waals surface area (Å²) in [6.07, 6.45) is 9.21. The maximum atomic E-state index is 4.22. The average Bonchev–Trinajstić information content (AvgIpc) is 3.10. The van der Waals surface area contributed by atoms with E-state index in [9.17, 15) is 0 Å². The molecule has 0 saturated heterocycles. The van der Waals surface area contributed by atoms with Gasteiger partial charge in [-0.05, 0) is 52.9 Å². The molecule has 0 aromatic carbocycles. The fraction of sp³-hybridized carbons (Fsp3) is 0.636. The number of halogens is 1. The number of nitrogens with zero attached hydrogens (tertiary/aromatic N) is 2. The van der Waals surface area contributed by atoms with Crippen molar-refractivity contribution in [3.8, 4) is 0 Å². The van der Waals surface area contributed by atoms with Gasteiger partial charge in [0.1, 0.15) is 0 Å². The van der Waals surface area contributed by atoms with Gasteiger partial charge in [-0.15, -0.1) is 0 Å². The molecular weight excluding hydrogens is 254 g/mol. The molecule has 1 N–H and O–H groups in total. The molecule has 3 rings (SSSR count). The van der Waals surface area contributed by atoms with Crippen LogP contribution in [0.5, 0.6) is 0 Å². The monoisotopic (exact) mass is 267 g/mol. The van der Waals surface area contributed by atoms with Gasteiger partial charge in [0.25, 0.3) is 0 Å². The van der Waals surface area contributed by atoms with E-state index >= 15 is 0 Å². The third-order valence-electron chi connectivity index (χ3n) is 3.55. The van der Waals surface area contributed by atoms with Crippen LogP contribution in [-0.4, -0.2) is 16.5 Å². The van der Waals surface area contributed by atoms with E-state index in [0.29, 0.717) is 5.41 Å². The summed E-state index contributed by atoms with van der Waals surface area (Å²) in [5, 5.41) is 3.35. The molecule has 0 atom stereocenters. The SMILES string of the molecule is Brc1cnc(NCC2(C3CC3)CC2)nc1. The molecule has 0 spiro atoms. The first-order valence-electron chi connectivity index (χ1n) is 5.50. The Hall–Kier alpha value is -0.640. The summed E-state index contributed by atoms with van der Waals surface area (Å²) in [6.45, 7) is 1.05. The van der Waals surface area contributed by atoms with E-state index in [0.717, 1.165) is 22.9 Å². The molecule has 2 fully saturated rings. The Labute approximate surface area is 97.8 Å². The highest BCUT2D eigenvalue weighted by Gasteiger charge is 2.53. The van der Waals surface area contributed by atoms with Crippen molar-refractivity contribution in [1.29, 1.82) is 0 Å². The number of nitrogens with one attached hydrogen (secondary N) is 1. The third-order valence-corrected chi connectivity index (χ3v) is 3.96. The predicted octanol–water partition coefficient (Wildman–Crippen LogP) is 2.84. The predicted molar refractivity (Wildman–Crippen MR) is 62.6 cm³/mol. The van der Waals surface area contributed by atoms with Gasteiger partial charge in [-0.1, -0.05) is 0 Å². The Balaban J connectivity index is 1.59. The van der Waals surface area contributed by atoms with Crippen molar-refractivity contribution < 1.29 is 0 Å². The van der Waals surface area contributed by atoms with Crippen LogP contribution in [0.3, 0.4) is 0 Å². The van der Waals surface area contributed by atoms with E-state index in [-0.39, 0.29) is 0 Å². The van der Waals surface area contributed by atoms with E-state index in [4.69, 9.17) is 0 Å². The van der Waals surface area contributed by atoms with Crippen molar-refractivity contribution in [3.05, 3.63) is 16.9 Å². The summed E-state index contributed by atoms with van der Waals surface area (Å²) < 4.78 is 0.927. The number of rotatable bonds is 4. The van der Waals surface area contributed by atoms with Crippen LogP contribution in [-0.2, 0) is 0 Å². The fourth-order valence-electron chi connectivity index (χ4n) is 2.24. The maximum Gasteiger partial charge on any atom is 0.222 e. The molecule has 0 aliphatic heterocycles. The molecule has 2 aliphatic rings. The summed E-state index contributed by atoms with van der Waals surface area (Å²) in [4.78, 5) is 8.44. The van der Waals surface area contributed by atoms with Gasteiger partial charge in [0.05, 0.1) is 4.47 Å². The molecule has 3 nitrogen and oxygen atoms in total. The molecule has 2 aliphatic carbocycles. The largest absolute Gasteiger partial charge is 0.354 e. The van der Waals surface area contributed by atoms with Crippen molar-refractivity contribution >= 4 is 21.9 Å². The number of hydrogen-bond donors (Lipinski definition) is 1. The van der Waals surface area contributed by atoms with Crippen molar-refractivity contribution in [3.63, 3.8) is 0 Å². The van der Waals surface area contributed by atoms with Crippen LogP contribution < -0.4 is 5.32 Å². The number of anilines is 1. The van der Waals surface area contributed by atoms with E-state index in [1.807, 2.05) is 0 Å². The lowest BCUT2D eigenvalue weighted by Crippen LogP contribution is -2.18. The first kappa shape index (κ1) is 9.58. The van der Waals surface area contributed by atoms with Crippen molar-refractivity contribution in [2.24, 2.45) is 11.3 Å². The third kappa shape index (κ3) is 2.00. The van der Waals surface area contributed by atoms with Gasteiger partial charge < -0.3 is 5.32 Å². The molecule has 0 bridgehead atoms. The Kier molecular flexibility index (Phi) is 2.20. The first-order valence-corrected chi connectivity index (χ1v) is 6.29. The topological polar surface area (TPSA) is 37.8 Å². The van der Waals surface area contributed by atoms with Gasteiger partial charge in [-0.2, -0.15) is 0 Å². The Bertz CT molecular complexity index is 355. The van der Waals surface area contributed by atoms with Crippen LogP contribution >= 0.6 is 15.9 Å². The zero-order valence-electron chi connectivity index (χ0n) is 8.54. The van der Waals surface area contributed by atoms with Crippen molar-refractivity contribution in [2.45, 2.75) is 25.7 Å². The fourth-order valence-corrected chi connectivity index (χ4v) is 2.45. The smallest absolute Gasteiger partial charge is 0.222 e. The zero-order valence-corrected chi connectivity index (χ0v) is 10.1. The molecule has 15 heavy (non-hydrogen) atoms. The average molecular weight is 268 g/mol. The van der Waals surface area contributed by atoms with E-state index < -0.39 is 0 Å². The standard InChI is InChI=1S/C11H14BrN3/c12-9-5-13-10(14-6-9)15-7-11(3-4-11)8-1-2-8/h5-6,8H,1-4,7H2,(H,13,14,15). The van der Waals surface area contributed by atoms with Gasteiger partial charge in [-0.25, -0.2) is 9.97 Å². The van der Waals surface area contributed by atoms with Crippen LogP contribution in [0.1, 0.15) is 25.7 Å². The molecule has 0 amide bonds. The van der Waals surface area contributed by atoms with Gasteiger partial charge in [-0.3, -0.25) is 0 Å². The van der Waals surface area contributed by atoms with Gasteiger partial charge in [0.2, 0.25) is 5.95 Å². The van der Waals surface area contributed by atoms with Crippen LogP contribution in [0.15, 0.2) is 16.9 Å². The molecule has 2 saturated carbocycles. The highest BCUT2D eigenvalue weighted by Crippen LogP contribution is 2.61. The number of hydrogen-bond acceptors (Lipinski definition) is 3. The second kappa shape index (κ2) is 3.44. The molecule has 0 radical (unpaired) electrons. The normalized spacial score (nSPS) is 22.5. The van der Waals surface area contributed by atoms with Gasteiger partial charge in [0, 0.05) is 18.9 Å². The molecule has 0 unspecified atom stereocenters. The minimum atomic E-state index is 0.608. The first-order chi connectivity index (χ1) is 7.28. The molecule has 1 aromatic heterocycles. The summed E-state index contributed by atoms with van der Waals surface area (Å²) in [5.74, 6) is 1.74. The Morgan fingerprint density at radius 1 is 1.33 bits per heavy atom. The molecule has 4 heteroatoms. The summed E-state index contributed by atoms with van der Waals surface area (Å²) in [7, 11) is 0. The Morgan fingerprint density at radius 2 is 2.00 bits per heavy atom. The lowest BCUT2D eigenvalue weighted by molar-refractivity contribution is 0.465. The quantitative estimate of drug-likeness (QED) is 0.912. The lowest BCUT2D eigenvalue weighted by atomic mass is 10.0. The highest BCUT2D eigenvalue weighted by molar-refractivity contribution is 9.10. The second-order valence-electron chi connectivity index (χ2n) is 4.72. The molecular formula is C11H14BrN3. The summed E-state index contributed by atoms with van der Waals surface area (Å²) in [6, 6.07) is 0. The lowest BCUT2D eigenvalue weighted by Gasteiger charge is -2.14. The van der Waals surface area contributed by atoms with Crippen LogP contribution in [0.2, 0.25) is 0 Å². The minimum absolute atomic E-state index is 0.608. The molecule has 1 aromatic rings. The van der Waals surface area contributed by atoms with Crippen molar-refractivity contribution in [1.82, 2.24) is 9.97 Å². The summed E-state index contributed by atoms with van der Waals surface area (Å²) >= 11 is 3.33. The van der Waals surface area contributed by atoms with Crippen LogP contribution in [0, 0.1) is 11.3 Å². The van der Waals surface area contributed by atoms with Crippen molar-refractivity contribution in [2.75, 3.05) is 11.9 Å². The van der Waals surface area contributed by atoms with Crippen LogP contribution in [0.25, 0.3) is 0 Å². The van der Waals surface area contributed by atoms with Gasteiger partial charge in [0.15, 0.2) is 0 Å². The Morgan fingerprint density at radius 3 is 2.53 bits per heavy atom. The van der Waals surface area contributed by atoms with E-state index in [2.05, 4.69) is 31.2 Å². The summed E-state index contributed by atoms with van der Waals surface area (Å²) in [5.41, 5.74) is 0.608. The minimum Gasteiger partial charge on any atom is -0.354 e. The van der Waals surface area contributed by atoms with E-state index in [1.54, 1.807) is 12.4 Å². The van der Waals surface area contributed by atoms with Crippen LogP contribution in [0.4, 0.5) is 5.95 Å². The zero-order chi connectivity index (χ0) is 10.3.